The Labute approximate surface area is 151 Å². The highest BCUT2D eigenvalue weighted by molar-refractivity contribution is 9.10. The molecule has 0 aromatic heterocycles. The predicted molar refractivity (Wildman–Crippen MR) is 92.4 cm³/mol. The summed E-state index contributed by atoms with van der Waals surface area (Å²) in [6.45, 7) is 0.788. The van der Waals surface area contributed by atoms with Crippen LogP contribution in [-0.2, 0) is 10.0 Å². The quantitative estimate of drug-likeness (QED) is 0.774. The van der Waals surface area contributed by atoms with E-state index in [0.29, 0.717) is 39.2 Å². The minimum Gasteiger partial charge on any atom is -0.486 e. The van der Waals surface area contributed by atoms with Gasteiger partial charge in [-0.15, -0.1) is 0 Å². The number of anilines is 1. The van der Waals surface area contributed by atoms with E-state index in [1.54, 1.807) is 6.07 Å². The fraction of sp³-hybridized carbons (Fsp3) is 0.143. The molecule has 9 heteroatoms. The highest BCUT2D eigenvalue weighted by Crippen LogP contribution is 2.38. The fourth-order valence-corrected chi connectivity index (χ4v) is 4.68. The molecule has 0 bridgehead atoms. The number of hydrogen-bond acceptors (Lipinski definition) is 4. The Morgan fingerprint density at radius 2 is 1.52 bits per heavy atom. The van der Waals surface area contributed by atoms with Crippen LogP contribution in [0.1, 0.15) is 0 Å². The molecule has 23 heavy (non-hydrogen) atoms. The summed E-state index contributed by atoms with van der Waals surface area (Å²) in [5, 5.41) is 0.660. The van der Waals surface area contributed by atoms with E-state index < -0.39 is 10.0 Å². The van der Waals surface area contributed by atoms with E-state index in [-0.39, 0.29) is 10.6 Å². The lowest BCUT2D eigenvalue weighted by Gasteiger charge is -2.20. The van der Waals surface area contributed by atoms with Crippen LogP contribution in [0.5, 0.6) is 11.5 Å². The first kappa shape index (κ1) is 16.7. The molecule has 2 aromatic rings. The third kappa shape index (κ3) is 3.68. The first-order valence-corrected chi connectivity index (χ1v) is 9.46. The minimum atomic E-state index is -3.86. The molecule has 0 aliphatic carbocycles. The zero-order valence-electron chi connectivity index (χ0n) is 11.5. The van der Waals surface area contributed by atoms with Crippen molar-refractivity contribution in [1.82, 2.24) is 0 Å². The Balaban J connectivity index is 1.99. The first-order chi connectivity index (χ1) is 10.8. The summed E-state index contributed by atoms with van der Waals surface area (Å²) in [4.78, 5) is 0.0258. The Kier molecular flexibility index (Phi) is 4.64. The smallest absolute Gasteiger partial charge is 0.263 e. The number of hydrogen-bond donors (Lipinski definition) is 1. The maximum Gasteiger partial charge on any atom is 0.263 e. The van der Waals surface area contributed by atoms with E-state index in [2.05, 4.69) is 20.7 Å². The van der Waals surface area contributed by atoms with E-state index in [4.69, 9.17) is 32.7 Å². The SMILES string of the molecule is O=S(=O)(Nc1cc(Cl)cc(Cl)c1)c1cc2c(cc1Br)OCCO2. The second kappa shape index (κ2) is 6.39. The van der Waals surface area contributed by atoms with Crippen molar-refractivity contribution in [2.75, 3.05) is 17.9 Å². The Bertz CT molecular complexity index is 853. The summed E-state index contributed by atoms with van der Waals surface area (Å²) < 4.78 is 38.9. The average molecular weight is 439 g/mol. The van der Waals surface area contributed by atoms with Crippen LogP contribution in [0.4, 0.5) is 5.69 Å². The maximum absolute atomic E-state index is 12.6. The third-order valence-corrected chi connectivity index (χ3v) is 5.78. The second-order valence-electron chi connectivity index (χ2n) is 4.69. The van der Waals surface area contributed by atoms with Crippen LogP contribution in [0.2, 0.25) is 10.0 Å². The van der Waals surface area contributed by atoms with E-state index in [9.17, 15) is 8.42 Å². The molecule has 0 saturated carbocycles. The molecule has 0 fully saturated rings. The molecule has 0 amide bonds. The lowest BCUT2D eigenvalue weighted by atomic mass is 10.3. The number of rotatable bonds is 3. The maximum atomic E-state index is 12.6. The van der Waals surface area contributed by atoms with E-state index in [0.717, 1.165) is 0 Å². The van der Waals surface area contributed by atoms with Crippen LogP contribution < -0.4 is 14.2 Å². The summed E-state index contributed by atoms with van der Waals surface area (Å²) in [6.07, 6.45) is 0. The fourth-order valence-electron chi connectivity index (χ4n) is 2.07. The Hall–Kier alpha value is -1.15. The lowest BCUT2D eigenvalue weighted by Crippen LogP contribution is -2.18. The molecule has 0 spiro atoms. The van der Waals surface area contributed by atoms with Crippen molar-refractivity contribution in [3.8, 4) is 11.5 Å². The van der Waals surface area contributed by atoms with Gasteiger partial charge in [0.2, 0.25) is 0 Å². The molecule has 2 aromatic carbocycles. The zero-order valence-corrected chi connectivity index (χ0v) is 15.4. The molecule has 1 aliphatic heterocycles. The molecule has 1 N–H and O–H groups in total. The van der Waals surface area contributed by atoms with Crippen LogP contribution >= 0.6 is 39.1 Å². The normalized spacial score (nSPS) is 13.7. The van der Waals surface area contributed by atoms with Crippen molar-refractivity contribution >= 4 is 54.8 Å². The number of halogens is 3. The molecule has 0 atom stereocenters. The molecule has 1 heterocycles. The number of fused-ring (bicyclic) bond motifs is 1. The van der Waals surface area contributed by atoms with Crippen LogP contribution in [0, 0.1) is 0 Å². The largest absolute Gasteiger partial charge is 0.486 e. The lowest BCUT2D eigenvalue weighted by molar-refractivity contribution is 0.171. The number of nitrogens with one attached hydrogen (secondary N) is 1. The van der Waals surface area contributed by atoms with Gasteiger partial charge in [-0.2, -0.15) is 0 Å². The first-order valence-electron chi connectivity index (χ1n) is 6.43. The van der Waals surface area contributed by atoms with Crippen molar-refractivity contribution < 1.29 is 17.9 Å². The molecule has 122 valence electrons. The summed E-state index contributed by atoms with van der Waals surface area (Å²) in [5.74, 6) is 0.872. The predicted octanol–water partition coefficient (Wildman–Crippen LogP) is 4.33. The van der Waals surface area contributed by atoms with Gasteiger partial charge in [0.1, 0.15) is 18.1 Å². The van der Waals surface area contributed by atoms with Gasteiger partial charge in [0.05, 0.1) is 5.69 Å². The molecular formula is C14H10BrCl2NO4S. The molecule has 0 saturated heterocycles. The molecule has 1 aliphatic rings. The molecule has 0 unspecified atom stereocenters. The monoisotopic (exact) mass is 437 g/mol. The van der Waals surface area contributed by atoms with Crippen LogP contribution in [0.25, 0.3) is 0 Å². The van der Waals surface area contributed by atoms with Gasteiger partial charge in [0.15, 0.2) is 11.5 Å². The molecule has 5 nitrogen and oxygen atoms in total. The van der Waals surface area contributed by atoms with Gasteiger partial charge in [0, 0.05) is 20.6 Å². The van der Waals surface area contributed by atoms with Crippen LogP contribution in [-0.4, -0.2) is 21.6 Å². The zero-order chi connectivity index (χ0) is 16.6. The highest BCUT2D eigenvalue weighted by atomic mass is 79.9. The number of benzene rings is 2. The number of ether oxygens (including phenoxy) is 2. The van der Waals surface area contributed by atoms with Crippen LogP contribution in [0.3, 0.4) is 0 Å². The van der Waals surface area contributed by atoms with Gasteiger partial charge in [-0.3, -0.25) is 4.72 Å². The topological polar surface area (TPSA) is 64.6 Å². The molecular weight excluding hydrogens is 429 g/mol. The van der Waals surface area contributed by atoms with Gasteiger partial charge in [-0.25, -0.2) is 8.42 Å². The van der Waals surface area contributed by atoms with E-state index in [1.807, 2.05) is 0 Å². The Morgan fingerprint density at radius 1 is 0.957 bits per heavy atom. The van der Waals surface area contributed by atoms with Crippen molar-refractivity contribution in [3.63, 3.8) is 0 Å². The van der Waals surface area contributed by atoms with Gasteiger partial charge in [0.25, 0.3) is 10.0 Å². The summed E-state index contributed by atoms with van der Waals surface area (Å²) in [7, 11) is -3.86. The van der Waals surface area contributed by atoms with Gasteiger partial charge in [-0.1, -0.05) is 23.2 Å². The average Bonchev–Trinajstić information content (AvgIpc) is 2.44. The van der Waals surface area contributed by atoms with E-state index in [1.165, 1.54) is 24.3 Å². The summed E-state index contributed by atoms with van der Waals surface area (Å²) >= 11 is 15.0. The second-order valence-corrected chi connectivity index (χ2v) is 8.07. The third-order valence-electron chi connectivity index (χ3n) is 3.00. The summed E-state index contributed by atoms with van der Waals surface area (Å²) in [5.41, 5.74) is 0.268. The van der Waals surface area contributed by atoms with Crippen LogP contribution in [0.15, 0.2) is 39.7 Å². The molecule has 3 rings (SSSR count). The highest BCUT2D eigenvalue weighted by Gasteiger charge is 2.23. The summed E-state index contributed by atoms with van der Waals surface area (Å²) in [6, 6.07) is 7.43. The van der Waals surface area contributed by atoms with Gasteiger partial charge < -0.3 is 9.47 Å². The van der Waals surface area contributed by atoms with Gasteiger partial charge >= 0.3 is 0 Å². The van der Waals surface area contributed by atoms with Crippen molar-refractivity contribution in [2.45, 2.75) is 4.90 Å². The van der Waals surface area contributed by atoms with Crippen molar-refractivity contribution in [2.24, 2.45) is 0 Å². The van der Waals surface area contributed by atoms with E-state index >= 15 is 0 Å². The van der Waals surface area contributed by atoms with Crippen molar-refractivity contribution in [1.29, 1.82) is 0 Å². The van der Waals surface area contributed by atoms with Crippen molar-refractivity contribution in [3.05, 3.63) is 44.8 Å². The minimum absolute atomic E-state index is 0.0258. The number of sulfonamides is 1. The molecule has 0 radical (unpaired) electrons. The Morgan fingerprint density at radius 3 is 2.13 bits per heavy atom. The standard InChI is InChI=1S/C14H10BrCl2NO4S/c15-11-6-12-13(22-2-1-21-12)7-14(11)23(19,20)18-10-4-8(16)3-9(17)5-10/h3-7,18H,1-2H2. The van der Waals surface area contributed by atoms with Gasteiger partial charge in [-0.05, 0) is 40.2 Å².